The van der Waals surface area contributed by atoms with Crippen LogP contribution in [0.2, 0.25) is 0 Å². The van der Waals surface area contributed by atoms with Crippen molar-refractivity contribution in [2.45, 2.75) is 173 Å². The second-order valence-electron chi connectivity index (χ2n) is 15.8. The van der Waals surface area contributed by atoms with E-state index in [1.165, 1.54) is 70.6 Å². The van der Waals surface area contributed by atoms with E-state index < -0.39 is 48.2 Å². The molecule has 0 amide bonds. The van der Waals surface area contributed by atoms with Crippen molar-refractivity contribution in [1.29, 1.82) is 0 Å². The number of hydrogen-bond donors (Lipinski definition) is 9. The number of carbonyl (C=O) groups is 1. The van der Waals surface area contributed by atoms with Crippen molar-refractivity contribution in [3.63, 3.8) is 0 Å². The Hall–Kier alpha value is -0.290. The summed E-state index contributed by atoms with van der Waals surface area (Å²) >= 11 is 8.87. The van der Waals surface area contributed by atoms with E-state index in [1.54, 1.807) is 6.92 Å². The molecule has 0 spiro atoms. The van der Waals surface area contributed by atoms with E-state index in [0.29, 0.717) is 42.2 Å². The number of carboxylic acid groups (broad SMARTS) is 1. The van der Waals surface area contributed by atoms with Crippen LogP contribution in [-0.2, 0) is 39.7 Å². The molecule has 4 saturated carbocycles. The molecule has 4 aliphatic carbocycles. The number of nitrogens with one attached hydrogen (secondary N) is 3. The van der Waals surface area contributed by atoms with Crippen molar-refractivity contribution in [2.24, 2.45) is 11.7 Å². The topological polar surface area (TPSA) is 300 Å². The van der Waals surface area contributed by atoms with Gasteiger partial charge in [0.2, 0.25) is 0 Å². The molecule has 4 fully saturated rings. The Balaban J connectivity index is 0. The van der Waals surface area contributed by atoms with Crippen LogP contribution in [0.3, 0.4) is 0 Å². The van der Waals surface area contributed by atoms with Crippen molar-refractivity contribution in [1.82, 2.24) is 16.0 Å². The van der Waals surface area contributed by atoms with E-state index in [4.69, 9.17) is 24.5 Å². The minimum Gasteiger partial charge on any atom is -0.481 e. The van der Waals surface area contributed by atoms with Gasteiger partial charge in [-0.3, -0.25) is 23.0 Å². The zero-order valence-electron chi connectivity index (χ0n) is 36.0. The second-order valence-corrected chi connectivity index (χ2v) is 24.1. The van der Waals surface area contributed by atoms with Crippen LogP contribution in [0.15, 0.2) is 0 Å². The highest BCUT2D eigenvalue weighted by Gasteiger charge is 2.27. The number of aliphatic hydroxyl groups is 1. The maximum Gasteiger partial charge on any atom is 0.308 e. The van der Waals surface area contributed by atoms with Crippen molar-refractivity contribution < 1.29 is 58.5 Å². The molecule has 0 bridgehead atoms. The van der Waals surface area contributed by atoms with E-state index in [0.717, 1.165) is 56.0 Å². The fourth-order valence-electron chi connectivity index (χ4n) is 6.94. The van der Waals surface area contributed by atoms with Gasteiger partial charge in [-0.15, -0.1) is 0 Å². The molecule has 10 N–H and O–H groups in total. The molecule has 4 rings (SSSR count). The quantitative estimate of drug-likeness (QED) is 0.0395. The summed E-state index contributed by atoms with van der Waals surface area (Å²) in [5.41, 5.74) is 5.60. The van der Waals surface area contributed by atoms with Gasteiger partial charge in [0.25, 0.3) is 30.4 Å². The minimum absolute atomic E-state index is 0.0216. The van der Waals surface area contributed by atoms with Gasteiger partial charge in [0.1, 0.15) is 5.75 Å². The second kappa shape index (κ2) is 36.9. The first kappa shape index (κ1) is 62.8. The highest BCUT2D eigenvalue weighted by Crippen LogP contribution is 2.23. The van der Waals surface area contributed by atoms with Crippen LogP contribution in [0.25, 0.3) is 0 Å². The zero-order valence-corrected chi connectivity index (χ0v) is 42.1. The minimum atomic E-state index is -4.07. The van der Waals surface area contributed by atoms with Gasteiger partial charge in [-0.1, -0.05) is 104 Å². The molecule has 4 unspecified atom stereocenters. The number of aliphatic carboxylic acids is 1. The standard InChI is InChI=1S/C9H19NO4S.C9H19NO3S.C8H17NO3S.C7H13NO2.C2H3OPS.C2H5PS/c11-9(7-15(12,13)14)6-10-8-4-2-1-3-5-8;11-14(12,13)8-4-7-10-9-5-2-1-3-6-9;10-13(11,12)7-6-9-8-4-2-1-3-5-8;8-6-4-2-1-3-5(6)7(9)10;1-2(5)4-3;1-2(3)4/h8-11H,1-7H2,(H,12,13,14);9-10H,1-8H2,(H,11,12,13);8-9H,1-7H2,(H,10,11,12);5-6H,1-4,8H2,(H,9,10);1H3;3H2,1H3. The Morgan fingerprint density at radius 1 is 0.672 bits per heavy atom. The summed E-state index contributed by atoms with van der Waals surface area (Å²) in [6.07, 6.45) is 21.3. The zero-order chi connectivity index (χ0) is 46.9. The lowest BCUT2D eigenvalue weighted by atomic mass is 9.85. The monoisotopic (exact) mass is 1010 g/mol. The summed E-state index contributed by atoms with van der Waals surface area (Å²) in [5.74, 6) is -1.91. The Bertz CT molecular complexity index is 1530. The Labute approximate surface area is 381 Å². The van der Waals surface area contributed by atoms with Gasteiger partial charge >= 0.3 is 5.97 Å². The van der Waals surface area contributed by atoms with Crippen molar-refractivity contribution >= 4 is 87.7 Å². The number of thiocarbonyl (C=S) groups is 2. The number of hydrogen-bond acceptors (Lipinski definition) is 15. The third-order valence-electron chi connectivity index (χ3n) is 9.93. The number of rotatable bonds is 16. The van der Waals surface area contributed by atoms with E-state index in [1.807, 2.05) is 6.92 Å². The van der Waals surface area contributed by atoms with Gasteiger partial charge in [0, 0.05) is 41.9 Å². The first-order valence-electron chi connectivity index (χ1n) is 21.2. The summed E-state index contributed by atoms with van der Waals surface area (Å²) in [5, 5.41) is 27.5. The summed E-state index contributed by atoms with van der Waals surface area (Å²) < 4.78 is 98.9. The van der Waals surface area contributed by atoms with Crippen molar-refractivity contribution in [2.75, 3.05) is 36.9 Å². The van der Waals surface area contributed by atoms with E-state index in [9.17, 15) is 39.7 Å². The largest absolute Gasteiger partial charge is 0.481 e. The van der Waals surface area contributed by atoms with Crippen LogP contribution in [0, 0.1) is 5.92 Å². The van der Waals surface area contributed by atoms with E-state index >= 15 is 0 Å². The lowest BCUT2D eigenvalue weighted by Gasteiger charge is -2.24. The Kier molecular flexibility index (Phi) is 38.0. The fraction of sp³-hybridized carbons (Fsp3) is 0.919. The van der Waals surface area contributed by atoms with E-state index in [-0.39, 0.29) is 38.5 Å². The van der Waals surface area contributed by atoms with Crippen LogP contribution >= 0.6 is 42.1 Å². The van der Waals surface area contributed by atoms with Gasteiger partial charge in [-0.25, -0.2) is 0 Å². The molecule has 17 nitrogen and oxygen atoms in total. The van der Waals surface area contributed by atoms with Crippen LogP contribution in [0.5, 0.6) is 0 Å². The predicted molar refractivity (Wildman–Crippen MR) is 256 cm³/mol. The van der Waals surface area contributed by atoms with Crippen LogP contribution in [0.4, 0.5) is 0 Å². The van der Waals surface area contributed by atoms with Crippen LogP contribution in [0.1, 0.15) is 142 Å². The van der Waals surface area contributed by atoms with Crippen LogP contribution in [-0.4, -0.2) is 131 Å². The number of nitrogens with two attached hydrogens (primary N) is 1. The third-order valence-corrected chi connectivity index (χ3v) is 12.7. The molecule has 362 valence electrons. The van der Waals surface area contributed by atoms with Gasteiger partial charge in [-0.2, -0.15) is 25.3 Å². The molecule has 4 aliphatic rings. The summed E-state index contributed by atoms with van der Waals surface area (Å²) in [7, 11) is -9.25. The number of carboxylic acids is 1. The lowest BCUT2D eigenvalue weighted by molar-refractivity contribution is -0.143. The first-order valence-corrected chi connectivity index (χ1v) is 28.2. The van der Waals surface area contributed by atoms with Gasteiger partial charge in [0.15, 0.2) is 8.46 Å². The summed E-state index contributed by atoms with van der Waals surface area (Å²) in [6, 6.07) is 1.29. The van der Waals surface area contributed by atoms with Gasteiger partial charge in [-0.05, 0) is 78.2 Å². The van der Waals surface area contributed by atoms with Crippen molar-refractivity contribution in [3.05, 3.63) is 0 Å². The van der Waals surface area contributed by atoms with Crippen molar-refractivity contribution in [3.8, 4) is 0 Å². The molecule has 0 aromatic rings. The smallest absolute Gasteiger partial charge is 0.308 e. The molecule has 0 aromatic heterocycles. The first-order chi connectivity index (χ1) is 28.3. The molecule has 61 heavy (non-hydrogen) atoms. The molecule has 0 saturated heterocycles. The maximum atomic E-state index is 10.5. The molecule has 0 radical (unpaired) electrons. The SMILES string of the molecule is CC(=S)P=O.CC(P)=S.NC1CCCCC1C(=O)O.O=S(=O)(O)CC(O)CNC1CCCCC1.O=S(=O)(O)CCCNC1CCCCC1.O=S(=O)(O)CCNC1CCCCC1. The predicted octanol–water partition coefficient (Wildman–Crippen LogP) is 5.56. The molecule has 0 aromatic carbocycles. The summed E-state index contributed by atoms with van der Waals surface area (Å²) in [4.78, 5) is 10.5. The van der Waals surface area contributed by atoms with Crippen LogP contribution < -0.4 is 21.7 Å². The molecular weight excluding hydrogens is 931 g/mol. The number of aliphatic hydroxyl groups excluding tert-OH is 1. The Morgan fingerprint density at radius 2 is 1.03 bits per heavy atom. The lowest BCUT2D eigenvalue weighted by Crippen LogP contribution is -2.39. The normalized spacial score (nSPS) is 20.8. The fourth-order valence-corrected chi connectivity index (χ4v) is 8.43. The molecule has 0 aliphatic heterocycles. The molecule has 4 atom stereocenters. The molecular formula is C37H76N4O13P2S5. The average Bonchev–Trinajstić information content (AvgIpc) is 3.16. The van der Waals surface area contributed by atoms with E-state index in [2.05, 4.69) is 49.6 Å². The maximum absolute atomic E-state index is 10.5. The summed E-state index contributed by atoms with van der Waals surface area (Å²) in [6.45, 7) is 4.77. The molecule has 24 heteroatoms. The highest BCUT2D eigenvalue weighted by molar-refractivity contribution is 7.90. The molecule has 0 heterocycles. The Morgan fingerprint density at radius 3 is 1.36 bits per heavy atom. The average molecular weight is 1010 g/mol. The van der Waals surface area contributed by atoms with Gasteiger partial charge in [0.05, 0.1) is 28.1 Å². The third kappa shape index (κ3) is 46.1. The van der Waals surface area contributed by atoms with Gasteiger partial charge < -0.3 is 31.9 Å². The highest BCUT2D eigenvalue weighted by atomic mass is 32.2.